The molecule has 0 saturated heterocycles. The number of hydrogen-bond donors (Lipinski definition) is 1. The van der Waals surface area contributed by atoms with E-state index in [1.807, 2.05) is 0 Å². The first kappa shape index (κ1) is 17.2. The van der Waals surface area contributed by atoms with Gasteiger partial charge in [0.1, 0.15) is 6.61 Å². The highest BCUT2D eigenvalue weighted by Crippen LogP contribution is 2.26. The summed E-state index contributed by atoms with van der Waals surface area (Å²) in [6.07, 6.45) is -0.816. The van der Waals surface area contributed by atoms with Crippen molar-refractivity contribution in [1.82, 2.24) is 0 Å². The number of rotatable bonds is 5. The van der Waals surface area contributed by atoms with Crippen molar-refractivity contribution in [2.75, 3.05) is 5.32 Å². The van der Waals surface area contributed by atoms with Crippen LogP contribution >= 0.6 is 11.6 Å². The highest BCUT2D eigenvalue weighted by molar-refractivity contribution is 6.33. The van der Waals surface area contributed by atoms with Gasteiger partial charge in [-0.3, -0.25) is 25.5 Å². The van der Waals surface area contributed by atoms with E-state index < -0.39 is 15.9 Å². The summed E-state index contributed by atoms with van der Waals surface area (Å²) >= 11 is 5.84. The van der Waals surface area contributed by atoms with Crippen LogP contribution in [-0.2, 0) is 11.3 Å². The van der Waals surface area contributed by atoms with Gasteiger partial charge in [0.2, 0.25) is 0 Å². The van der Waals surface area contributed by atoms with Crippen LogP contribution in [0.2, 0.25) is 5.02 Å². The van der Waals surface area contributed by atoms with Crippen LogP contribution in [0.3, 0.4) is 0 Å². The van der Waals surface area contributed by atoms with E-state index in [9.17, 15) is 25.0 Å². The van der Waals surface area contributed by atoms with Gasteiger partial charge in [-0.25, -0.2) is 4.79 Å². The number of anilines is 1. The number of nitrogens with zero attached hydrogens (tertiary/aromatic N) is 2. The first-order valence-corrected chi connectivity index (χ1v) is 6.85. The molecule has 0 saturated carbocycles. The Bertz CT molecular complexity index is 794. The van der Waals surface area contributed by atoms with Gasteiger partial charge in [-0.15, -0.1) is 0 Å². The number of carbonyl (C=O) groups is 1. The van der Waals surface area contributed by atoms with Gasteiger partial charge in [0.25, 0.3) is 11.4 Å². The van der Waals surface area contributed by atoms with Gasteiger partial charge in [0, 0.05) is 24.3 Å². The summed E-state index contributed by atoms with van der Waals surface area (Å²) in [5.41, 5.74) is 0.451. The minimum absolute atomic E-state index is 0.00325. The van der Waals surface area contributed by atoms with Crippen molar-refractivity contribution in [2.24, 2.45) is 0 Å². The molecule has 1 amide bonds. The predicted octanol–water partition coefficient (Wildman–Crippen LogP) is 3.91. The molecular formula is C14H10ClN3O6. The molecule has 0 aliphatic carbocycles. The number of halogens is 1. The maximum atomic E-state index is 11.7. The summed E-state index contributed by atoms with van der Waals surface area (Å²) in [6, 6.07) is 9.10. The average Bonchev–Trinajstić information content (AvgIpc) is 2.55. The van der Waals surface area contributed by atoms with E-state index in [1.54, 1.807) is 0 Å². The van der Waals surface area contributed by atoms with Gasteiger partial charge >= 0.3 is 6.09 Å². The fourth-order valence-corrected chi connectivity index (χ4v) is 1.95. The van der Waals surface area contributed by atoms with Gasteiger partial charge in [-0.05, 0) is 23.8 Å². The zero-order valence-corrected chi connectivity index (χ0v) is 12.7. The Hall–Kier alpha value is -3.20. The molecule has 0 aliphatic rings. The summed E-state index contributed by atoms with van der Waals surface area (Å²) in [5, 5.41) is 23.5. The van der Waals surface area contributed by atoms with E-state index in [-0.39, 0.29) is 28.7 Å². The number of ether oxygens (including phenoxy) is 1. The molecule has 9 nitrogen and oxygen atoms in total. The first-order chi connectivity index (χ1) is 11.4. The fourth-order valence-electron chi connectivity index (χ4n) is 1.73. The van der Waals surface area contributed by atoms with Gasteiger partial charge in [0.15, 0.2) is 0 Å². The quantitative estimate of drug-likeness (QED) is 0.643. The lowest BCUT2D eigenvalue weighted by Crippen LogP contribution is -2.13. The lowest BCUT2D eigenvalue weighted by atomic mass is 10.2. The highest BCUT2D eigenvalue weighted by atomic mass is 35.5. The molecule has 0 atom stereocenters. The van der Waals surface area contributed by atoms with Gasteiger partial charge in [-0.2, -0.15) is 0 Å². The number of hydrogen-bond acceptors (Lipinski definition) is 6. The maximum Gasteiger partial charge on any atom is 0.412 e. The standard InChI is InChI=1S/C14H10ClN3O6/c15-12-7-11(18(22)23)5-6-13(12)16-14(19)24-8-9-1-3-10(4-2-9)17(20)21/h1-7H,8H2,(H,16,19). The second kappa shape index (κ2) is 7.38. The summed E-state index contributed by atoms with van der Waals surface area (Å²) in [5.74, 6) is 0. The van der Waals surface area contributed by atoms with E-state index in [1.165, 1.54) is 36.4 Å². The van der Waals surface area contributed by atoms with E-state index in [0.717, 1.165) is 6.07 Å². The van der Waals surface area contributed by atoms with Crippen LogP contribution in [0.4, 0.5) is 21.9 Å². The molecule has 0 spiro atoms. The predicted molar refractivity (Wildman–Crippen MR) is 85.0 cm³/mol. The molecule has 0 unspecified atom stereocenters. The molecule has 0 heterocycles. The normalized spacial score (nSPS) is 10.0. The molecule has 0 aromatic heterocycles. The van der Waals surface area contributed by atoms with Crippen LogP contribution < -0.4 is 5.32 Å². The van der Waals surface area contributed by atoms with Crippen LogP contribution in [-0.4, -0.2) is 15.9 Å². The molecule has 2 aromatic rings. The minimum Gasteiger partial charge on any atom is -0.444 e. The number of nitrogens with one attached hydrogen (secondary N) is 1. The van der Waals surface area contributed by atoms with Crippen LogP contribution in [0, 0.1) is 20.2 Å². The number of carbonyl (C=O) groups excluding carboxylic acids is 1. The largest absolute Gasteiger partial charge is 0.444 e. The number of benzene rings is 2. The van der Waals surface area contributed by atoms with Crippen molar-refractivity contribution in [3.63, 3.8) is 0 Å². The van der Waals surface area contributed by atoms with Crippen molar-refractivity contribution >= 4 is 34.8 Å². The Morgan fingerprint density at radius 2 is 1.62 bits per heavy atom. The molecule has 2 aromatic carbocycles. The molecular weight excluding hydrogens is 342 g/mol. The molecule has 24 heavy (non-hydrogen) atoms. The third-order valence-electron chi connectivity index (χ3n) is 2.92. The molecule has 1 N–H and O–H groups in total. The van der Waals surface area contributed by atoms with Crippen molar-refractivity contribution in [1.29, 1.82) is 0 Å². The van der Waals surface area contributed by atoms with Crippen molar-refractivity contribution in [3.05, 3.63) is 73.3 Å². The average molecular weight is 352 g/mol. The maximum absolute atomic E-state index is 11.7. The third-order valence-corrected chi connectivity index (χ3v) is 3.23. The Labute approximate surface area is 140 Å². The van der Waals surface area contributed by atoms with Crippen molar-refractivity contribution in [2.45, 2.75) is 6.61 Å². The van der Waals surface area contributed by atoms with Crippen LogP contribution in [0.5, 0.6) is 0 Å². The van der Waals surface area contributed by atoms with E-state index in [4.69, 9.17) is 16.3 Å². The molecule has 10 heteroatoms. The second-order valence-electron chi connectivity index (χ2n) is 4.55. The lowest BCUT2D eigenvalue weighted by Gasteiger charge is -2.08. The highest BCUT2D eigenvalue weighted by Gasteiger charge is 2.12. The first-order valence-electron chi connectivity index (χ1n) is 6.48. The number of non-ortho nitro benzene ring substituents is 2. The van der Waals surface area contributed by atoms with E-state index >= 15 is 0 Å². The zero-order chi connectivity index (χ0) is 17.7. The van der Waals surface area contributed by atoms with E-state index in [0.29, 0.717) is 5.56 Å². The SMILES string of the molecule is O=C(Nc1ccc([N+](=O)[O-])cc1Cl)OCc1ccc([N+](=O)[O-])cc1. The van der Waals surface area contributed by atoms with Crippen LogP contribution in [0.25, 0.3) is 0 Å². The van der Waals surface area contributed by atoms with Gasteiger partial charge < -0.3 is 4.74 Å². The number of nitro benzene ring substituents is 2. The molecule has 0 fully saturated rings. The number of nitro groups is 2. The Morgan fingerprint density at radius 3 is 2.17 bits per heavy atom. The summed E-state index contributed by atoms with van der Waals surface area (Å²) in [4.78, 5) is 31.7. The Kier molecular flexibility index (Phi) is 5.27. The Morgan fingerprint density at radius 1 is 1.04 bits per heavy atom. The molecule has 2 rings (SSSR count). The molecule has 0 radical (unpaired) electrons. The van der Waals surface area contributed by atoms with Crippen molar-refractivity contribution < 1.29 is 19.4 Å². The summed E-state index contributed by atoms with van der Waals surface area (Å²) < 4.78 is 4.95. The summed E-state index contributed by atoms with van der Waals surface area (Å²) in [6.45, 7) is -0.103. The second-order valence-corrected chi connectivity index (χ2v) is 4.95. The monoisotopic (exact) mass is 351 g/mol. The van der Waals surface area contributed by atoms with Gasteiger partial charge in [0.05, 0.1) is 20.6 Å². The summed E-state index contributed by atoms with van der Waals surface area (Å²) in [7, 11) is 0. The zero-order valence-electron chi connectivity index (χ0n) is 12.0. The van der Waals surface area contributed by atoms with Crippen LogP contribution in [0.1, 0.15) is 5.56 Å². The lowest BCUT2D eigenvalue weighted by molar-refractivity contribution is -0.385. The third kappa shape index (κ3) is 4.40. The Balaban J connectivity index is 1.93. The van der Waals surface area contributed by atoms with E-state index in [2.05, 4.69) is 5.32 Å². The van der Waals surface area contributed by atoms with Gasteiger partial charge in [-0.1, -0.05) is 11.6 Å². The fraction of sp³-hybridized carbons (Fsp3) is 0.0714. The topological polar surface area (TPSA) is 125 Å². The molecule has 0 aliphatic heterocycles. The molecule has 0 bridgehead atoms. The minimum atomic E-state index is -0.816. The smallest absolute Gasteiger partial charge is 0.412 e. The van der Waals surface area contributed by atoms with Crippen LogP contribution in [0.15, 0.2) is 42.5 Å². The number of amides is 1. The van der Waals surface area contributed by atoms with Crippen molar-refractivity contribution in [3.8, 4) is 0 Å². The molecule has 124 valence electrons.